The summed E-state index contributed by atoms with van der Waals surface area (Å²) in [5.41, 5.74) is 1.23. The average Bonchev–Trinajstić information content (AvgIpc) is 3.00. The van der Waals surface area contributed by atoms with Crippen LogP contribution in [0.5, 0.6) is 5.75 Å². The lowest BCUT2D eigenvalue weighted by Gasteiger charge is -2.35. The Bertz CT molecular complexity index is 605. The van der Waals surface area contributed by atoms with E-state index < -0.39 is 0 Å². The standard InChI is InChI=1S/C18H25N3O4/c1-2-24-16-7-5-14(6-8-16)4-3-9-19-17(22)20-10-11-21-15(12-20)13-25-18(21)23/h5-8,15H,2-4,9-13H2,1H3,(H,19,22)/t15-/m1/s1. The van der Waals surface area contributed by atoms with Crippen molar-refractivity contribution >= 4 is 12.1 Å². The molecule has 2 aliphatic heterocycles. The van der Waals surface area contributed by atoms with Gasteiger partial charge in [0.25, 0.3) is 0 Å². The largest absolute Gasteiger partial charge is 0.494 e. The summed E-state index contributed by atoms with van der Waals surface area (Å²) in [5, 5.41) is 2.96. The molecule has 2 fully saturated rings. The van der Waals surface area contributed by atoms with Gasteiger partial charge in [-0.15, -0.1) is 0 Å². The Morgan fingerprint density at radius 3 is 2.88 bits per heavy atom. The third-order valence-electron chi connectivity index (χ3n) is 4.56. The summed E-state index contributed by atoms with van der Waals surface area (Å²) in [6.45, 7) is 5.28. The van der Waals surface area contributed by atoms with Crippen molar-refractivity contribution in [1.82, 2.24) is 15.1 Å². The lowest BCUT2D eigenvalue weighted by atomic mass is 10.1. The third-order valence-corrected chi connectivity index (χ3v) is 4.56. The molecule has 0 bridgehead atoms. The van der Waals surface area contributed by atoms with E-state index in [-0.39, 0.29) is 18.2 Å². The summed E-state index contributed by atoms with van der Waals surface area (Å²) in [7, 11) is 0. The van der Waals surface area contributed by atoms with Crippen molar-refractivity contribution < 1.29 is 19.1 Å². The number of hydrogen-bond donors (Lipinski definition) is 1. The maximum Gasteiger partial charge on any atom is 0.410 e. The molecule has 0 unspecified atom stereocenters. The SMILES string of the molecule is CCOc1ccc(CCCNC(=O)N2CCN3C(=O)OC[C@H]3C2)cc1. The molecule has 7 nitrogen and oxygen atoms in total. The Hall–Kier alpha value is -2.44. The molecule has 3 rings (SSSR count). The van der Waals surface area contributed by atoms with Gasteiger partial charge in [-0.3, -0.25) is 4.90 Å². The second-order valence-corrected chi connectivity index (χ2v) is 6.28. The van der Waals surface area contributed by atoms with Crippen LogP contribution in [-0.4, -0.2) is 67.4 Å². The Kier molecular flexibility index (Phi) is 5.63. The van der Waals surface area contributed by atoms with Gasteiger partial charge < -0.3 is 19.7 Å². The van der Waals surface area contributed by atoms with Crippen molar-refractivity contribution in [2.24, 2.45) is 0 Å². The van der Waals surface area contributed by atoms with Gasteiger partial charge in [0, 0.05) is 26.2 Å². The van der Waals surface area contributed by atoms with E-state index in [1.165, 1.54) is 5.56 Å². The maximum absolute atomic E-state index is 12.3. The van der Waals surface area contributed by atoms with E-state index in [1.54, 1.807) is 9.80 Å². The summed E-state index contributed by atoms with van der Waals surface area (Å²) in [4.78, 5) is 27.2. The smallest absolute Gasteiger partial charge is 0.410 e. The van der Waals surface area contributed by atoms with Crippen molar-refractivity contribution in [3.05, 3.63) is 29.8 Å². The van der Waals surface area contributed by atoms with Gasteiger partial charge in [0.15, 0.2) is 0 Å². The number of ether oxygens (including phenoxy) is 2. The number of aryl methyl sites for hydroxylation is 1. The number of carbonyl (C=O) groups excluding carboxylic acids is 2. The molecule has 0 aliphatic carbocycles. The van der Waals surface area contributed by atoms with E-state index in [0.29, 0.717) is 39.4 Å². The first-order valence-corrected chi connectivity index (χ1v) is 8.85. The minimum absolute atomic E-state index is 0.00384. The molecule has 25 heavy (non-hydrogen) atoms. The molecule has 0 radical (unpaired) electrons. The second-order valence-electron chi connectivity index (χ2n) is 6.28. The number of carbonyl (C=O) groups is 2. The molecule has 1 atom stereocenters. The molecule has 1 N–H and O–H groups in total. The van der Waals surface area contributed by atoms with Gasteiger partial charge in [-0.05, 0) is 37.5 Å². The highest BCUT2D eigenvalue weighted by molar-refractivity contribution is 5.75. The van der Waals surface area contributed by atoms with Gasteiger partial charge in [-0.25, -0.2) is 9.59 Å². The summed E-state index contributed by atoms with van der Waals surface area (Å²) in [5.74, 6) is 0.882. The van der Waals surface area contributed by atoms with Gasteiger partial charge in [-0.1, -0.05) is 12.1 Å². The molecule has 136 valence electrons. The molecule has 7 heteroatoms. The van der Waals surface area contributed by atoms with Crippen LogP contribution >= 0.6 is 0 Å². The molecular weight excluding hydrogens is 322 g/mol. The number of cyclic esters (lactones) is 1. The Morgan fingerprint density at radius 2 is 2.12 bits per heavy atom. The third kappa shape index (κ3) is 4.35. The van der Waals surface area contributed by atoms with Crippen LogP contribution in [0.4, 0.5) is 9.59 Å². The number of urea groups is 1. The van der Waals surface area contributed by atoms with E-state index >= 15 is 0 Å². The Labute approximate surface area is 147 Å². The number of benzene rings is 1. The average molecular weight is 347 g/mol. The van der Waals surface area contributed by atoms with E-state index in [9.17, 15) is 9.59 Å². The zero-order valence-corrected chi connectivity index (χ0v) is 14.6. The Morgan fingerprint density at radius 1 is 1.32 bits per heavy atom. The molecule has 1 aromatic rings. The van der Waals surface area contributed by atoms with Gasteiger partial charge in [0.05, 0.1) is 12.6 Å². The zero-order valence-electron chi connectivity index (χ0n) is 14.6. The molecule has 2 heterocycles. The fraction of sp³-hybridized carbons (Fsp3) is 0.556. The number of amides is 3. The molecule has 2 aliphatic rings. The molecule has 2 saturated heterocycles. The normalized spacial score (nSPS) is 19.4. The van der Waals surface area contributed by atoms with Crippen molar-refractivity contribution in [3.8, 4) is 5.75 Å². The van der Waals surface area contributed by atoms with E-state index in [1.807, 2.05) is 19.1 Å². The second kappa shape index (κ2) is 8.09. The Balaban J connectivity index is 1.36. The van der Waals surface area contributed by atoms with Crippen molar-refractivity contribution in [2.75, 3.05) is 39.4 Å². The number of nitrogens with zero attached hydrogens (tertiary/aromatic N) is 2. The maximum atomic E-state index is 12.3. The van der Waals surface area contributed by atoms with Gasteiger partial charge >= 0.3 is 12.1 Å². The number of piperazine rings is 1. The van der Waals surface area contributed by atoms with Crippen molar-refractivity contribution in [2.45, 2.75) is 25.8 Å². The molecule has 0 spiro atoms. The highest BCUT2D eigenvalue weighted by Gasteiger charge is 2.38. The van der Waals surface area contributed by atoms with Gasteiger partial charge in [-0.2, -0.15) is 0 Å². The first kappa shape index (κ1) is 17.4. The highest BCUT2D eigenvalue weighted by Crippen LogP contribution is 2.17. The topological polar surface area (TPSA) is 71.1 Å². The number of fused-ring (bicyclic) bond motifs is 1. The predicted octanol–water partition coefficient (Wildman–Crippen LogP) is 1.86. The van der Waals surface area contributed by atoms with Crippen LogP contribution in [0.3, 0.4) is 0 Å². The number of hydrogen-bond acceptors (Lipinski definition) is 4. The summed E-state index contributed by atoms with van der Waals surface area (Å²) >= 11 is 0. The van der Waals surface area contributed by atoms with E-state index in [2.05, 4.69) is 17.4 Å². The summed E-state index contributed by atoms with van der Waals surface area (Å²) in [6, 6.07) is 8.00. The molecule has 0 aromatic heterocycles. The van der Waals surface area contributed by atoms with Gasteiger partial charge in [0.2, 0.25) is 0 Å². The van der Waals surface area contributed by atoms with Crippen molar-refractivity contribution in [1.29, 1.82) is 0 Å². The minimum Gasteiger partial charge on any atom is -0.494 e. The van der Waals surface area contributed by atoms with Crippen LogP contribution in [0.2, 0.25) is 0 Å². The lowest BCUT2D eigenvalue weighted by molar-refractivity contribution is 0.127. The predicted molar refractivity (Wildman–Crippen MR) is 92.7 cm³/mol. The highest BCUT2D eigenvalue weighted by atomic mass is 16.6. The van der Waals surface area contributed by atoms with E-state index in [0.717, 1.165) is 18.6 Å². The van der Waals surface area contributed by atoms with Crippen LogP contribution in [0.25, 0.3) is 0 Å². The van der Waals surface area contributed by atoms with Crippen LogP contribution in [-0.2, 0) is 11.2 Å². The molecule has 1 aromatic carbocycles. The molecular formula is C18H25N3O4. The fourth-order valence-electron chi connectivity index (χ4n) is 3.19. The lowest BCUT2D eigenvalue weighted by Crippen LogP contribution is -2.56. The first-order chi connectivity index (χ1) is 12.2. The number of rotatable bonds is 6. The van der Waals surface area contributed by atoms with Crippen molar-refractivity contribution in [3.63, 3.8) is 0 Å². The summed E-state index contributed by atoms with van der Waals surface area (Å²) < 4.78 is 10.4. The zero-order chi connectivity index (χ0) is 17.6. The fourth-order valence-corrected chi connectivity index (χ4v) is 3.19. The van der Waals surface area contributed by atoms with Gasteiger partial charge in [0.1, 0.15) is 12.4 Å². The van der Waals surface area contributed by atoms with E-state index in [4.69, 9.17) is 9.47 Å². The van der Waals surface area contributed by atoms with Crippen LogP contribution < -0.4 is 10.1 Å². The monoisotopic (exact) mass is 347 g/mol. The van der Waals surface area contributed by atoms with Crippen LogP contribution in [0.1, 0.15) is 18.9 Å². The first-order valence-electron chi connectivity index (χ1n) is 8.85. The van der Waals surface area contributed by atoms with Crippen LogP contribution in [0, 0.1) is 0 Å². The molecule has 3 amide bonds. The molecule has 0 saturated carbocycles. The van der Waals surface area contributed by atoms with Crippen LogP contribution in [0.15, 0.2) is 24.3 Å². The minimum atomic E-state index is -0.264. The summed E-state index contributed by atoms with van der Waals surface area (Å²) in [6.07, 6.45) is 1.52. The quantitative estimate of drug-likeness (QED) is 0.798. The number of nitrogens with one attached hydrogen (secondary N) is 1.